The van der Waals surface area contributed by atoms with Crippen LogP contribution in [-0.2, 0) is 0 Å². The zero-order valence-electron chi connectivity index (χ0n) is 18.3. The van der Waals surface area contributed by atoms with Crippen LogP contribution in [0.15, 0.2) is 95.4 Å². The summed E-state index contributed by atoms with van der Waals surface area (Å²) in [5.41, 5.74) is 3.63. The molecule has 1 aliphatic heterocycles. The van der Waals surface area contributed by atoms with Crippen molar-refractivity contribution in [2.24, 2.45) is 0 Å². The second-order valence-electron chi connectivity index (χ2n) is 8.28. The van der Waals surface area contributed by atoms with Gasteiger partial charge >= 0.3 is 0 Å². The summed E-state index contributed by atoms with van der Waals surface area (Å²) in [6.07, 6.45) is 0. The summed E-state index contributed by atoms with van der Waals surface area (Å²) in [6, 6.07) is 31.9. The minimum Gasteiger partial charge on any atom is -0.419 e. The molecule has 5 heteroatoms. The molecular weight excluding hydrogens is 396 g/mol. The summed E-state index contributed by atoms with van der Waals surface area (Å²) < 4.78 is 6.02. The van der Waals surface area contributed by atoms with Crippen LogP contribution >= 0.6 is 0 Å². The zero-order chi connectivity index (χ0) is 21.8. The van der Waals surface area contributed by atoms with Gasteiger partial charge in [-0.05, 0) is 30.2 Å². The molecule has 0 N–H and O–H groups in total. The van der Waals surface area contributed by atoms with Crippen LogP contribution in [0.5, 0.6) is 0 Å². The highest BCUT2D eigenvalue weighted by Gasteiger charge is 2.30. The van der Waals surface area contributed by atoms with Crippen molar-refractivity contribution in [1.82, 2.24) is 20.0 Å². The summed E-state index contributed by atoms with van der Waals surface area (Å²) in [5.74, 6) is 1.26. The molecule has 0 amide bonds. The van der Waals surface area contributed by atoms with E-state index in [1.54, 1.807) is 0 Å². The van der Waals surface area contributed by atoms with Gasteiger partial charge in [-0.2, -0.15) is 0 Å². The fourth-order valence-corrected chi connectivity index (χ4v) is 4.52. The number of rotatable bonds is 6. The first kappa shape index (κ1) is 20.6. The average molecular weight is 425 g/mol. The maximum Gasteiger partial charge on any atom is 0.247 e. The molecule has 2 heterocycles. The van der Waals surface area contributed by atoms with E-state index in [0.717, 1.165) is 31.7 Å². The van der Waals surface area contributed by atoms with E-state index in [1.807, 2.05) is 30.3 Å². The molecule has 1 unspecified atom stereocenters. The Balaban J connectivity index is 1.29. The molecule has 1 fully saturated rings. The fourth-order valence-electron chi connectivity index (χ4n) is 4.52. The molecule has 4 aromatic rings. The van der Waals surface area contributed by atoms with Crippen LogP contribution in [0.4, 0.5) is 0 Å². The lowest BCUT2D eigenvalue weighted by Crippen LogP contribution is -2.48. The first-order valence-electron chi connectivity index (χ1n) is 11.3. The normalized spacial score (nSPS) is 16.3. The molecule has 32 heavy (non-hydrogen) atoms. The molecule has 3 aromatic carbocycles. The quantitative estimate of drug-likeness (QED) is 0.425. The standard InChI is InChI=1S/C27H28N4O/c1-21(26-28-29-27(32-26)24-15-9-4-10-16-24)30-17-19-31(20-18-30)25(22-11-5-2-6-12-22)23-13-7-3-8-14-23/h2-16,21,25H,17-20H2,1H3. The van der Waals surface area contributed by atoms with Gasteiger partial charge in [-0.1, -0.05) is 78.9 Å². The summed E-state index contributed by atoms with van der Waals surface area (Å²) in [5, 5.41) is 8.62. The van der Waals surface area contributed by atoms with Gasteiger partial charge in [0.25, 0.3) is 0 Å². The molecule has 1 saturated heterocycles. The molecule has 0 radical (unpaired) electrons. The lowest BCUT2D eigenvalue weighted by molar-refractivity contribution is 0.0751. The molecular formula is C27H28N4O. The SMILES string of the molecule is CC(c1nnc(-c2ccccc2)o1)N1CCN(C(c2ccccc2)c2ccccc2)CC1. The predicted octanol–water partition coefficient (Wildman–Crippen LogP) is 5.20. The number of hydrogen-bond donors (Lipinski definition) is 0. The van der Waals surface area contributed by atoms with Crippen LogP contribution < -0.4 is 0 Å². The minimum absolute atomic E-state index is 0.0917. The van der Waals surface area contributed by atoms with Crippen molar-refractivity contribution < 1.29 is 4.42 Å². The van der Waals surface area contributed by atoms with Gasteiger partial charge in [0.15, 0.2) is 0 Å². The minimum atomic E-state index is 0.0917. The van der Waals surface area contributed by atoms with Gasteiger partial charge < -0.3 is 4.42 Å². The third-order valence-electron chi connectivity index (χ3n) is 6.31. The molecule has 0 spiro atoms. The first-order chi connectivity index (χ1) is 15.8. The summed E-state index contributed by atoms with van der Waals surface area (Å²) >= 11 is 0. The highest BCUT2D eigenvalue weighted by molar-refractivity contribution is 5.51. The van der Waals surface area contributed by atoms with Crippen molar-refractivity contribution in [3.63, 3.8) is 0 Å². The van der Waals surface area contributed by atoms with Crippen LogP contribution in [0, 0.1) is 0 Å². The van der Waals surface area contributed by atoms with Crippen molar-refractivity contribution in [2.45, 2.75) is 19.0 Å². The molecule has 5 rings (SSSR count). The van der Waals surface area contributed by atoms with E-state index in [4.69, 9.17) is 4.42 Å². The second kappa shape index (κ2) is 9.47. The Kier molecular flexibility index (Phi) is 6.10. The van der Waals surface area contributed by atoms with E-state index in [1.165, 1.54) is 11.1 Å². The van der Waals surface area contributed by atoms with Crippen molar-refractivity contribution in [3.05, 3.63) is 108 Å². The molecule has 0 aliphatic carbocycles. The van der Waals surface area contributed by atoms with Crippen LogP contribution in [0.3, 0.4) is 0 Å². The number of aromatic nitrogens is 2. The molecule has 162 valence electrons. The van der Waals surface area contributed by atoms with E-state index in [-0.39, 0.29) is 12.1 Å². The molecule has 1 atom stereocenters. The summed E-state index contributed by atoms with van der Waals surface area (Å²) in [4.78, 5) is 5.02. The van der Waals surface area contributed by atoms with Crippen LogP contribution in [0.2, 0.25) is 0 Å². The Hall–Kier alpha value is -3.28. The largest absolute Gasteiger partial charge is 0.419 e. The number of nitrogens with zero attached hydrogens (tertiary/aromatic N) is 4. The van der Waals surface area contributed by atoms with Crippen molar-refractivity contribution in [1.29, 1.82) is 0 Å². The predicted molar refractivity (Wildman–Crippen MR) is 126 cm³/mol. The van der Waals surface area contributed by atoms with Crippen LogP contribution in [0.1, 0.15) is 36.0 Å². The summed E-state index contributed by atoms with van der Waals surface area (Å²) in [6.45, 7) is 6.04. The Labute approximate surface area is 189 Å². The van der Waals surface area contributed by atoms with Gasteiger partial charge in [-0.15, -0.1) is 10.2 Å². The smallest absolute Gasteiger partial charge is 0.247 e. The van der Waals surface area contributed by atoms with E-state index in [0.29, 0.717) is 11.8 Å². The molecule has 0 saturated carbocycles. The zero-order valence-corrected chi connectivity index (χ0v) is 18.3. The van der Waals surface area contributed by atoms with Crippen molar-refractivity contribution >= 4 is 0 Å². The lowest BCUT2D eigenvalue weighted by Gasteiger charge is -2.41. The van der Waals surface area contributed by atoms with Gasteiger partial charge in [0, 0.05) is 31.7 Å². The Morgan fingerprint density at radius 1 is 0.656 bits per heavy atom. The second-order valence-corrected chi connectivity index (χ2v) is 8.28. The summed E-state index contributed by atoms with van der Waals surface area (Å²) in [7, 11) is 0. The Bertz CT molecular complexity index is 1070. The van der Waals surface area contributed by atoms with E-state index < -0.39 is 0 Å². The van der Waals surface area contributed by atoms with Crippen LogP contribution in [-0.4, -0.2) is 46.2 Å². The van der Waals surface area contributed by atoms with Crippen LogP contribution in [0.25, 0.3) is 11.5 Å². The molecule has 5 nitrogen and oxygen atoms in total. The first-order valence-corrected chi connectivity index (χ1v) is 11.3. The van der Waals surface area contributed by atoms with Gasteiger partial charge in [-0.3, -0.25) is 9.80 Å². The Morgan fingerprint density at radius 3 is 1.72 bits per heavy atom. The number of hydrogen-bond acceptors (Lipinski definition) is 5. The van der Waals surface area contributed by atoms with Gasteiger partial charge in [0.05, 0.1) is 12.1 Å². The van der Waals surface area contributed by atoms with E-state index in [9.17, 15) is 0 Å². The maximum absolute atomic E-state index is 6.02. The van der Waals surface area contributed by atoms with Gasteiger partial charge in [-0.25, -0.2) is 0 Å². The topological polar surface area (TPSA) is 45.4 Å². The molecule has 0 bridgehead atoms. The number of piperazine rings is 1. The third-order valence-corrected chi connectivity index (χ3v) is 6.31. The van der Waals surface area contributed by atoms with Crippen molar-refractivity contribution in [2.75, 3.05) is 26.2 Å². The highest BCUT2D eigenvalue weighted by Crippen LogP contribution is 2.31. The van der Waals surface area contributed by atoms with Gasteiger partial charge in [0.2, 0.25) is 11.8 Å². The van der Waals surface area contributed by atoms with Crippen molar-refractivity contribution in [3.8, 4) is 11.5 Å². The lowest BCUT2D eigenvalue weighted by atomic mass is 9.96. The Morgan fingerprint density at radius 2 is 1.16 bits per heavy atom. The monoisotopic (exact) mass is 424 g/mol. The molecule has 1 aliphatic rings. The number of benzene rings is 3. The third kappa shape index (κ3) is 4.35. The maximum atomic E-state index is 6.02. The highest BCUT2D eigenvalue weighted by atomic mass is 16.4. The van der Waals surface area contributed by atoms with E-state index in [2.05, 4.69) is 87.6 Å². The molecule has 1 aromatic heterocycles. The van der Waals surface area contributed by atoms with E-state index >= 15 is 0 Å². The van der Waals surface area contributed by atoms with Gasteiger partial charge in [0.1, 0.15) is 0 Å². The average Bonchev–Trinajstić information content (AvgIpc) is 3.37. The fraction of sp³-hybridized carbons (Fsp3) is 0.259.